The summed E-state index contributed by atoms with van der Waals surface area (Å²) in [6.07, 6.45) is 2.86. The van der Waals surface area contributed by atoms with Gasteiger partial charge in [0.1, 0.15) is 18.3 Å². The summed E-state index contributed by atoms with van der Waals surface area (Å²) in [4.78, 5) is 4.23. The highest BCUT2D eigenvalue weighted by molar-refractivity contribution is 5.79. The Balaban J connectivity index is 0.000000251. The van der Waals surface area contributed by atoms with Gasteiger partial charge in [0.15, 0.2) is 0 Å². The van der Waals surface area contributed by atoms with Gasteiger partial charge in [-0.05, 0) is 38.3 Å². The Bertz CT molecular complexity index is 550. The van der Waals surface area contributed by atoms with Gasteiger partial charge in [-0.1, -0.05) is 32.1 Å². The molecule has 2 rings (SSSR count). The summed E-state index contributed by atoms with van der Waals surface area (Å²) in [7, 11) is 0. The van der Waals surface area contributed by atoms with E-state index in [4.69, 9.17) is 10.5 Å². The number of ether oxygens (including phenoxy) is 1. The van der Waals surface area contributed by atoms with Crippen LogP contribution in [-0.2, 0) is 4.74 Å². The van der Waals surface area contributed by atoms with Crippen LogP contribution in [0.15, 0.2) is 40.6 Å². The smallest absolute Gasteiger partial charge is 0.112 e. The highest BCUT2D eigenvalue weighted by Gasteiger charge is 2.43. The lowest BCUT2D eigenvalue weighted by atomic mass is 10.0. The van der Waals surface area contributed by atoms with Crippen molar-refractivity contribution < 1.29 is 20.1 Å². The fourth-order valence-electron chi connectivity index (χ4n) is 2.86. The van der Waals surface area contributed by atoms with E-state index < -0.39 is 30.5 Å². The number of nitrogens with two attached hydrogens (primary N) is 1. The van der Waals surface area contributed by atoms with Crippen molar-refractivity contribution in [2.24, 2.45) is 10.7 Å². The zero-order valence-corrected chi connectivity index (χ0v) is 15.6. The van der Waals surface area contributed by atoms with Crippen LogP contribution in [0.4, 0.5) is 0 Å². The van der Waals surface area contributed by atoms with Crippen LogP contribution in [0.1, 0.15) is 47.0 Å². The maximum Gasteiger partial charge on any atom is 0.112 e. The van der Waals surface area contributed by atoms with Gasteiger partial charge in [-0.2, -0.15) is 0 Å². The van der Waals surface area contributed by atoms with Gasteiger partial charge in [-0.3, -0.25) is 0 Å². The van der Waals surface area contributed by atoms with Gasteiger partial charge in [0.05, 0.1) is 23.7 Å². The molecule has 6 nitrogen and oxygen atoms in total. The lowest BCUT2D eigenvalue weighted by Gasteiger charge is -2.20. The molecule has 1 heterocycles. The molecule has 1 saturated heterocycles. The fourth-order valence-corrected chi connectivity index (χ4v) is 2.86. The molecule has 5 N–H and O–H groups in total. The van der Waals surface area contributed by atoms with Crippen LogP contribution in [0, 0.1) is 0 Å². The third-order valence-electron chi connectivity index (χ3n) is 4.18. The molecule has 5 atom stereocenters. The second kappa shape index (κ2) is 9.87. The van der Waals surface area contributed by atoms with Crippen LogP contribution in [0.5, 0.6) is 0 Å². The molecule has 1 aliphatic heterocycles. The molecule has 6 heteroatoms. The van der Waals surface area contributed by atoms with Crippen LogP contribution >= 0.6 is 0 Å². The molecule has 0 bridgehead atoms. The Morgan fingerprint density at radius 2 is 2.04 bits per heavy atom. The molecule has 0 saturated carbocycles. The molecule has 0 aromatic carbocycles. The van der Waals surface area contributed by atoms with Gasteiger partial charge < -0.3 is 25.8 Å². The number of aliphatic hydroxyl groups is 3. The van der Waals surface area contributed by atoms with E-state index in [2.05, 4.69) is 17.6 Å². The lowest BCUT2D eigenvalue weighted by Crippen LogP contribution is -2.38. The first-order valence-corrected chi connectivity index (χ1v) is 8.75. The largest absolute Gasteiger partial charge is 0.390 e. The van der Waals surface area contributed by atoms with E-state index >= 15 is 0 Å². The van der Waals surface area contributed by atoms with Crippen molar-refractivity contribution in [2.75, 3.05) is 0 Å². The number of aliphatic imine (C=N–C) groups is 1. The first-order chi connectivity index (χ1) is 11.7. The van der Waals surface area contributed by atoms with Crippen LogP contribution in [-0.4, -0.2) is 51.7 Å². The molecule has 0 aromatic heterocycles. The number of allylic oxidation sites excluding steroid dienone is 4. The van der Waals surface area contributed by atoms with Gasteiger partial charge in [-0.25, -0.2) is 4.99 Å². The van der Waals surface area contributed by atoms with E-state index in [1.807, 2.05) is 19.9 Å². The number of hydrogen-bond donors (Lipinski definition) is 4. The first kappa shape index (κ1) is 21.6. The lowest BCUT2D eigenvalue weighted by molar-refractivity contribution is -0.0645. The van der Waals surface area contributed by atoms with Gasteiger partial charge in [0.25, 0.3) is 0 Å². The zero-order valence-electron chi connectivity index (χ0n) is 15.6. The highest BCUT2D eigenvalue weighted by Crippen LogP contribution is 2.25. The predicted molar refractivity (Wildman–Crippen MR) is 100 cm³/mol. The normalized spacial score (nSPS) is 30.3. The van der Waals surface area contributed by atoms with E-state index in [0.29, 0.717) is 12.3 Å². The van der Waals surface area contributed by atoms with Gasteiger partial charge in [-0.15, -0.1) is 0 Å². The summed E-state index contributed by atoms with van der Waals surface area (Å²) >= 11 is 0. The quantitative estimate of drug-likeness (QED) is 0.446. The average Bonchev–Trinajstić information content (AvgIpc) is 3.08. The van der Waals surface area contributed by atoms with Crippen LogP contribution in [0.2, 0.25) is 0 Å². The number of nitrogens with zero attached hydrogens (tertiary/aromatic N) is 1. The molecule has 2 aliphatic rings. The Hall–Kier alpha value is -1.47. The molecule has 0 aromatic rings. The summed E-state index contributed by atoms with van der Waals surface area (Å²) in [5.41, 5.74) is 8.69. The van der Waals surface area contributed by atoms with Gasteiger partial charge >= 0.3 is 0 Å². The Kier molecular flexibility index (Phi) is 8.52. The van der Waals surface area contributed by atoms with Crippen LogP contribution in [0.3, 0.4) is 0 Å². The Morgan fingerprint density at radius 3 is 2.48 bits per heavy atom. The van der Waals surface area contributed by atoms with Crippen molar-refractivity contribution in [3.05, 3.63) is 35.6 Å². The van der Waals surface area contributed by atoms with E-state index in [-0.39, 0.29) is 0 Å². The number of amidine groups is 1. The molecule has 1 aliphatic carbocycles. The van der Waals surface area contributed by atoms with Gasteiger partial charge in [0, 0.05) is 6.42 Å². The number of hydrogen-bond acceptors (Lipinski definition) is 5. The molecule has 0 radical (unpaired) electrons. The molecule has 25 heavy (non-hydrogen) atoms. The average molecular weight is 352 g/mol. The molecule has 1 fully saturated rings. The monoisotopic (exact) mass is 352 g/mol. The van der Waals surface area contributed by atoms with Crippen molar-refractivity contribution in [3.8, 4) is 0 Å². The topological polar surface area (TPSA) is 108 Å². The van der Waals surface area contributed by atoms with Crippen molar-refractivity contribution in [3.63, 3.8) is 0 Å². The van der Waals surface area contributed by atoms with Crippen molar-refractivity contribution in [1.82, 2.24) is 0 Å². The third kappa shape index (κ3) is 6.08. The van der Waals surface area contributed by atoms with E-state index in [1.54, 1.807) is 13.8 Å². The SMILES string of the molecule is C=C(C)C1=C(N=C(C)N)CC=C1.CCC[C@@H](O)[C@H]1O[C@@H](C)[C@H](O)[C@@H]1O. The van der Waals surface area contributed by atoms with E-state index in [9.17, 15) is 15.3 Å². The highest BCUT2D eigenvalue weighted by atomic mass is 16.6. The summed E-state index contributed by atoms with van der Waals surface area (Å²) in [5, 5.41) is 28.4. The molecule has 0 unspecified atom stereocenters. The van der Waals surface area contributed by atoms with Crippen LogP contribution < -0.4 is 5.73 Å². The second-order valence-corrected chi connectivity index (χ2v) is 6.64. The summed E-state index contributed by atoms with van der Waals surface area (Å²) in [5.74, 6) is 0.604. The summed E-state index contributed by atoms with van der Waals surface area (Å²) in [6, 6.07) is 0. The Morgan fingerprint density at radius 1 is 1.40 bits per heavy atom. The van der Waals surface area contributed by atoms with E-state index in [1.165, 1.54) is 0 Å². The van der Waals surface area contributed by atoms with Crippen molar-refractivity contribution in [2.45, 2.75) is 77.5 Å². The third-order valence-corrected chi connectivity index (χ3v) is 4.18. The van der Waals surface area contributed by atoms with Gasteiger partial charge in [0.2, 0.25) is 0 Å². The second-order valence-electron chi connectivity index (χ2n) is 6.64. The number of aliphatic hydroxyl groups excluding tert-OH is 3. The summed E-state index contributed by atoms with van der Waals surface area (Å²) < 4.78 is 5.25. The standard InChI is InChI=1S/C10H14N2.C9H18O4/c1-7(2)9-5-4-6-10(9)12-8(3)11;1-3-4-6(10)9-8(12)7(11)5(2)13-9/h4-5H,1,6H2,2-3H3,(H2,11,12);5-12H,3-4H2,1-2H3/t;5-,6+,7-,8-,9+/m.0/s1. The molecular formula is C19H32N2O4. The molecule has 142 valence electrons. The van der Waals surface area contributed by atoms with Crippen molar-refractivity contribution >= 4 is 5.84 Å². The maximum absolute atomic E-state index is 9.56. The molecule has 0 spiro atoms. The molecule has 0 amide bonds. The molecular weight excluding hydrogens is 320 g/mol. The first-order valence-electron chi connectivity index (χ1n) is 8.75. The predicted octanol–water partition coefficient (Wildman–Crippen LogP) is 1.81. The summed E-state index contributed by atoms with van der Waals surface area (Å²) in [6.45, 7) is 11.3. The fraction of sp³-hybridized carbons (Fsp3) is 0.632. The Labute approximate surface area is 150 Å². The zero-order chi connectivity index (χ0) is 19.1. The minimum atomic E-state index is -0.962. The minimum absolute atomic E-state index is 0.397. The maximum atomic E-state index is 9.56. The minimum Gasteiger partial charge on any atom is -0.390 e. The van der Waals surface area contributed by atoms with Crippen molar-refractivity contribution in [1.29, 1.82) is 0 Å². The van der Waals surface area contributed by atoms with E-state index in [0.717, 1.165) is 29.7 Å². The van der Waals surface area contributed by atoms with Crippen LogP contribution in [0.25, 0.3) is 0 Å². The number of rotatable bonds is 5.